The number of nitrogens with zero attached hydrogens (tertiary/aromatic N) is 2. The molecule has 2 amide bonds. The van der Waals surface area contributed by atoms with Gasteiger partial charge in [-0.25, -0.2) is 0 Å². The lowest BCUT2D eigenvalue weighted by Crippen LogP contribution is -2.42. The van der Waals surface area contributed by atoms with Crippen molar-refractivity contribution < 1.29 is 22.8 Å². The van der Waals surface area contributed by atoms with Crippen molar-refractivity contribution in [1.82, 2.24) is 5.32 Å². The summed E-state index contributed by atoms with van der Waals surface area (Å²) in [6.07, 6.45) is 0.264. The molecule has 2 aliphatic rings. The molecule has 2 fully saturated rings. The van der Waals surface area contributed by atoms with Crippen molar-refractivity contribution in [2.45, 2.75) is 65.0 Å². The number of alkyl halides is 3. The monoisotopic (exact) mass is 555 g/mol. The molecule has 0 aromatic heterocycles. The number of halogens is 3. The molecule has 1 saturated heterocycles. The van der Waals surface area contributed by atoms with E-state index in [1.807, 2.05) is 38.1 Å². The number of thiocarbonyl (C=S) groups is 1. The third kappa shape index (κ3) is 5.44. The van der Waals surface area contributed by atoms with Crippen LogP contribution in [0.1, 0.15) is 68.2 Å². The Bertz CT molecular complexity index is 1320. The topological polar surface area (TPSA) is 73.2 Å². The number of nitrogens with one attached hydrogen (secondary N) is 1. The van der Waals surface area contributed by atoms with Crippen LogP contribution in [-0.2, 0) is 28.6 Å². The average molecular weight is 556 g/mol. The van der Waals surface area contributed by atoms with E-state index in [4.69, 9.17) is 17.5 Å². The predicted octanol–water partition coefficient (Wildman–Crippen LogP) is 6.38. The highest BCUT2D eigenvalue weighted by atomic mass is 32.1. The molecule has 1 unspecified atom stereocenters. The van der Waals surface area contributed by atoms with Crippen LogP contribution in [0.4, 0.5) is 18.9 Å². The number of nitriles is 1. The summed E-state index contributed by atoms with van der Waals surface area (Å²) < 4.78 is 40.8. The fourth-order valence-electron chi connectivity index (χ4n) is 5.72. The van der Waals surface area contributed by atoms with Gasteiger partial charge in [-0.05, 0) is 67.9 Å². The van der Waals surface area contributed by atoms with Gasteiger partial charge in [0.2, 0.25) is 11.8 Å². The zero-order chi connectivity index (χ0) is 28.6. The first-order valence-corrected chi connectivity index (χ1v) is 13.5. The number of amides is 2. The molecule has 0 radical (unpaired) electrons. The van der Waals surface area contributed by atoms with Gasteiger partial charge in [0.1, 0.15) is 0 Å². The molecule has 1 aliphatic heterocycles. The second-order valence-corrected chi connectivity index (χ2v) is 11.6. The third-order valence-electron chi connectivity index (χ3n) is 8.37. The number of anilines is 1. The van der Waals surface area contributed by atoms with Crippen molar-refractivity contribution in [3.8, 4) is 6.07 Å². The van der Waals surface area contributed by atoms with E-state index in [-0.39, 0.29) is 23.4 Å². The summed E-state index contributed by atoms with van der Waals surface area (Å²) in [5, 5.41) is 11.8. The zero-order valence-corrected chi connectivity index (χ0v) is 23.1. The summed E-state index contributed by atoms with van der Waals surface area (Å²) in [5.74, 6) is -0.474. The van der Waals surface area contributed by atoms with Gasteiger partial charge >= 0.3 is 6.18 Å². The standard InChI is InChI=1S/C30H32F3N3O2S/c1-28(2,26(37)35-3)16-13-20-7-5-19(6-8-20)9-12-23-25(39)36(27(38)29(23)14-4-15-29)22-11-10-21(18-34)24(17-22)30(31,32)33/h5-8,10-11,17,23H,4,9,12-16H2,1-3H3,(H,35,37). The molecular weight excluding hydrogens is 523 g/mol. The number of benzene rings is 2. The highest BCUT2D eigenvalue weighted by Crippen LogP contribution is 2.56. The molecule has 1 spiro atoms. The van der Waals surface area contributed by atoms with Crippen LogP contribution in [-0.4, -0.2) is 23.9 Å². The molecule has 1 aliphatic carbocycles. The van der Waals surface area contributed by atoms with Crippen molar-refractivity contribution in [3.05, 3.63) is 64.7 Å². The molecule has 206 valence electrons. The molecule has 9 heteroatoms. The summed E-state index contributed by atoms with van der Waals surface area (Å²) in [7, 11) is 1.64. The molecule has 1 saturated carbocycles. The number of carbonyl (C=O) groups excluding carboxylic acids is 2. The maximum Gasteiger partial charge on any atom is 0.417 e. The van der Waals surface area contributed by atoms with E-state index in [0.717, 1.165) is 36.1 Å². The van der Waals surface area contributed by atoms with Gasteiger partial charge < -0.3 is 5.32 Å². The first-order valence-electron chi connectivity index (χ1n) is 13.1. The van der Waals surface area contributed by atoms with Gasteiger partial charge in [-0.3, -0.25) is 14.5 Å². The van der Waals surface area contributed by atoms with Crippen LogP contribution in [0.2, 0.25) is 0 Å². The van der Waals surface area contributed by atoms with Crippen LogP contribution in [0.25, 0.3) is 0 Å². The molecule has 1 N–H and O–H groups in total. The Kier molecular flexibility index (Phi) is 7.91. The van der Waals surface area contributed by atoms with Crippen LogP contribution in [0.3, 0.4) is 0 Å². The van der Waals surface area contributed by atoms with Crippen molar-refractivity contribution in [3.63, 3.8) is 0 Å². The quantitative estimate of drug-likeness (QED) is 0.384. The van der Waals surface area contributed by atoms with Gasteiger partial charge in [0.25, 0.3) is 0 Å². The highest BCUT2D eigenvalue weighted by molar-refractivity contribution is 7.80. The number of carbonyl (C=O) groups is 2. The van der Waals surface area contributed by atoms with Crippen molar-refractivity contribution in [1.29, 1.82) is 5.26 Å². The fourth-order valence-corrected chi connectivity index (χ4v) is 6.26. The van der Waals surface area contributed by atoms with Gasteiger partial charge in [0.05, 0.1) is 33.3 Å². The number of hydrogen-bond acceptors (Lipinski definition) is 4. The van der Waals surface area contributed by atoms with E-state index < -0.39 is 28.1 Å². The maximum atomic E-state index is 13.6. The molecular formula is C30H32F3N3O2S. The molecule has 1 atom stereocenters. The Hall–Kier alpha value is -3.25. The molecule has 1 heterocycles. The minimum Gasteiger partial charge on any atom is -0.359 e. The molecule has 5 nitrogen and oxygen atoms in total. The average Bonchev–Trinajstić information content (AvgIpc) is 3.11. The lowest BCUT2D eigenvalue weighted by atomic mass is 9.61. The molecule has 2 aromatic carbocycles. The second kappa shape index (κ2) is 10.7. The van der Waals surface area contributed by atoms with E-state index in [2.05, 4.69) is 5.32 Å². The van der Waals surface area contributed by atoms with Crippen LogP contribution in [0.15, 0.2) is 42.5 Å². The van der Waals surface area contributed by atoms with Crippen molar-refractivity contribution in [2.24, 2.45) is 16.7 Å². The minimum absolute atomic E-state index is 0.0100. The number of aryl methyl sites for hydroxylation is 2. The second-order valence-electron chi connectivity index (χ2n) is 11.2. The van der Waals surface area contributed by atoms with Gasteiger partial charge in [0, 0.05) is 18.4 Å². The fraction of sp³-hybridized carbons (Fsp3) is 0.467. The van der Waals surface area contributed by atoms with E-state index in [0.29, 0.717) is 37.1 Å². The first kappa shape index (κ1) is 28.8. The van der Waals surface area contributed by atoms with Crippen LogP contribution in [0, 0.1) is 28.1 Å². The molecule has 2 aromatic rings. The normalized spacial score (nSPS) is 18.7. The Morgan fingerprint density at radius 1 is 1.13 bits per heavy atom. The Labute approximate surface area is 232 Å². The SMILES string of the molecule is CNC(=O)C(C)(C)CCc1ccc(CCC2C(=S)N(c3ccc(C#N)c(C(F)(F)F)c3)C(=O)C23CCC3)cc1. The Balaban J connectivity index is 1.49. The predicted molar refractivity (Wildman–Crippen MR) is 147 cm³/mol. The first-order chi connectivity index (χ1) is 18.3. The molecule has 4 rings (SSSR count). The Morgan fingerprint density at radius 3 is 2.26 bits per heavy atom. The summed E-state index contributed by atoms with van der Waals surface area (Å²) in [5.41, 5.74) is -0.405. The van der Waals surface area contributed by atoms with Crippen molar-refractivity contribution in [2.75, 3.05) is 11.9 Å². The smallest absolute Gasteiger partial charge is 0.359 e. The van der Waals surface area contributed by atoms with Gasteiger partial charge in [-0.2, -0.15) is 18.4 Å². The third-order valence-corrected chi connectivity index (χ3v) is 8.84. The lowest BCUT2D eigenvalue weighted by molar-refractivity contribution is -0.138. The maximum absolute atomic E-state index is 13.6. The van der Waals surface area contributed by atoms with E-state index in [1.54, 1.807) is 13.1 Å². The highest BCUT2D eigenvalue weighted by Gasteiger charge is 2.60. The molecule has 39 heavy (non-hydrogen) atoms. The van der Waals surface area contributed by atoms with Crippen LogP contribution < -0.4 is 10.2 Å². The lowest BCUT2D eigenvalue weighted by Gasteiger charge is -2.40. The van der Waals surface area contributed by atoms with Crippen LogP contribution in [0.5, 0.6) is 0 Å². The molecule has 0 bridgehead atoms. The van der Waals surface area contributed by atoms with E-state index in [9.17, 15) is 22.8 Å². The summed E-state index contributed by atoms with van der Waals surface area (Å²) in [6.45, 7) is 3.85. The minimum atomic E-state index is -4.72. The Morgan fingerprint density at radius 2 is 1.74 bits per heavy atom. The zero-order valence-electron chi connectivity index (χ0n) is 22.3. The van der Waals surface area contributed by atoms with Gasteiger partial charge in [-0.1, -0.05) is 56.8 Å². The largest absolute Gasteiger partial charge is 0.417 e. The van der Waals surface area contributed by atoms with Gasteiger partial charge in [0.15, 0.2) is 0 Å². The van der Waals surface area contributed by atoms with Crippen molar-refractivity contribution >= 4 is 34.7 Å². The van der Waals surface area contributed by atoms with Crippen LogP contribution >= 0.6 is 12.2 Å². The van der Waals surface area contributed by atoms with E-state index >= 15 is 0 Å². The number of hydrogen-bond donors (Lipinski definition) is 1. The number of rotatable bonds is 8. The summed E-state index contributed by atoms with van der Waals surface area (Å²) in [6, 6.07) is 13.1. The van der Waals surface area contributed by atoms with Gasteiger partial charge in [-0.15, -0.1) is 0 Å². The summed E-state index contributed by atoms with van der Waals surface area (Å²) in [4.78, 5) is 27.3. The van der Waals surface area contributed by atoms with E-state index in [1.165, 1.54) is 11.0 Å². The summed E-state index contributed by atoms with van der Waals surface area (Å²) >= 11 is 5.73.